The number of ether oxygens (including phenoxy) is 1. The van der Waals surface area contributed by atoms with Crippen molar-refractivity contribution < 1.29 is 38.3 Å². The van der Waals surface area contributed by atoms with Crippen LogP contribution in [0.3, 0.4) is 0 Å². The lowest BCUT2D eigenvalue weighted by atomic mass is 9.90. The fourth-order valence-electron chi connectivity index (χ4n) is 6.31. The third kappa shape index (κ3) is 12.1. The van der Waals surface area contributed by atoms with Crippen LogP contribution in [-0.2, 0) is 33.5 Å². The number of carbonyl (C=O) groups excluding carboxylic acids is 7. The minimum absolute atomic E-state index is 0.0765. The molecule has 5 atom stereocenters. The van der Waals surface area contributed by atoms with E-state index in [0.717, 1.165) is 5.56 Å². The molecule has 2 aromatic carbocycles. The zero-order valence-corrected chi connectivity index (χ0v) is 32.6. The van der Waals surface area contributed by atoms with Crippen molar-refractivity contribution in [2.75, 3.05) is 33.8 Å². The minimum atomic E-state index is -1.23. The molecule has 4 N–H and O–H groups in total. The van der Waals surface area contributed by atoms with E-state index in [2.05, 4.69) is 21.3 Å². The summed E-state index contributed by atoms with van der Waals surface area (Å²) in [4.78, 5) is 96.1. The number of benzene rings is 2. The molecule has 294 valence electrons. The number of amides is 6. The van der Waals surface area contributed by atoms with Gasteiger partial charge in [-0.2, -0.15) is 0 Å². The van der Waals surface area contributed by atoms with Gasteiger partial charge in [-0.1, -0.05) is 109 Å². The third-order valence-corrected chi connectivity index (χ3v) is 9.19. The first-order chi connectivity index (χ1) is 25.4. The third-order valence-electron chi connectivity index (χ3n) is 9.19. The van der Waals surface area contributed by atoms with E-state index < -0.39 is 77.6 Å². The molecule has 0 radical (unpaired) electrons. The van der Waals surface area contributed by atoms with E-state index >= 15 is 0 Å². The summed E-state index contributed by atoms with van der Waals surface area (Å²) in [6, 6.07) is 13.5. The largest absolute Gasteiger partial charge is 0.449 e. The van der Waals surface area contributed by atoms with E-state index in [1.165, 1.54) is 9.80 Å². The molecule has 1 saturated heterocycles. The van der Waals surface area contributed by atoms with Gasteiger partial charge in [-0.05, 0) is 35.3 Å². The summed E-state index contributed by atoms with van der Waals surface area (Å²) in [6.07, 6.45) is 0.0758. The van der Waals surface area contributed by atoms with Gasteiger partial charge in [0, 0.05) is 26.6 Å². The van der Waals surface area contributed by atoms with Crippen LogP contribution in [0, 0.1) is 11.3 Å². The van der Waals surface area contributed by atoms with Crippen LogP contribution >= 0.6 is 0 Å². The van der Waals surface area contributed by atoms with Gasteiger partial charge in [-0.25, -0.2) is 4.79 Å². The van der Waals surface area contributed by atoms with Crippen LogP contribution in [0.1, 0.15) is 83.9 Å². The van der Waals surface area contributed by atoms with Crippen molar-refractivity contribution in [3.63, 3.8) is 0 Å². The van der Waals surface area contributed by atoms with Crippen LogP contribution in [0.5, 0.6) is 0 Å². The molecule has 1 heterocycles. The van der Waals surface area contributed by atoms with Gasteiger partial charge in [-0.3, -0.25) is 28.8 Å². The maximum absolute atomic E-state index is 14.4. The molecule has 1 fully saturated rings. The Morgan fingerprint density at radius 3 is 2.02 bits per heavy atom. The summed E-state index contributed by atoms with van der Waals surface area (Å²) < 4.78 is 5.35. The van der Waals surface area contributed by atoms with Gasteiger partial charge < -0.3 is 35.8 Å². The van der Waals surface area contributed by atoms with Crippen molar-refractivity contribution >= 4 is 41.4 Å². The highest BCUT2D eigenvalue weighted by atomic mass is 16.5. The first-order valence-electron chi connectivity index (χ1n) is 18.4. The lowest BCUT2D eigenvalue weighted by Gasteiger charge is -2.32. The second kappa shape index (κ2) is 19.7. The number of alkyl carbamates (subject to hydrolysis) is 1. The van der Waals surface area contributed by atoms with Crippen LogP contribution in [-0.4, -0.2) is 103 Å². The lowest BCUT2D eigenvalue weighted by molar-refractivity contribution is -0.143. The maximum Gasteiger partial charge on any atom is 0.407 e. The minimum Gasteiger partial charge on any atom is -0.449 e. The normalized spacial score (nSPS) is 17.0. The quantitative estimate of drug-likeness (QED) is 0.178. The average molecular weight is 749 g/mol. The van der Waals surface area contributed by atoms with Crippen molar-refractivity contribution in [3.05, 3.63) is 71.8 Å². The number of likely N-dealkylation sites (tertiary alicyclic amines) is 1. The molecule has 0 bridgehead atoms. The summed E-state index contributed by atoms with van der Waals surface area (Å²) in [7, 11) is 3.11. The smallest absolute Gasteiger partial charge is 0.407 e. The summed E-state index contributed by atoms with van der Waals surface area (Å²) in [5.41, 5.74) is 0.854. The first-order valence-corrected chi connectivity index (χ1v) is 18.4. The molecule has 3 rings (SSSR count). The average Bonchev–Trinajstić information content (AvgIpc) is 3.48. The van der Waals surface area contributed by atoms with E-state index in [9.17, 15) is 33.6 Å². The highest BCUT2D eigenvalue weighted by molar-refractivity contribution is 6.38. The Kier molecular flexibility index (Phi) is 15.7. The fourth-order valence-corrected chi connectivity index (χ4v) is 6.31. The summed E-state index contributed by atoms with van der Waals surface area (Å²) in [5.74, 6) is -4.63. The van der Waals surface area contributed by atoms with E-state index in [-0.39, 0.29) is 37.8 Å². The van der Waals surface area contributed by atoms with Gasteiger partial charge in [-0.15, -0.1) is 0 Å². The van der Waals surface area contributed by atoms with Gasteiger partial charge in [0.15, 0.2) is 0 Å². The highest BCUT2D eigenvalue weighted by Gasteiger charge is 2.47. The van der Waals surface area contributed by atoms with E-state index in [1.54, 1.807) is 51.4 Å². The van der Waals surface area contributed by atoms with Gasteiger partial charge in [0.05, 0.1) is 19.2 Å². The molecular weight excluding hydrogens is 692 g/mol. The SMILES string of the molecule is CCCC(NC(=O)[C@@H]1CC(C)(C)CN1C(=O)[C@@H](NC(=O)OCC(C)C)C(C)c1ccccc1)C(=O)C(=O)NCC(=O)NC(C(=O)N(C)C)c1ccccc1. The number of nitrogens with one attached hydrogen (secondary N) is 4. The van der Waals surface area contributed by atoms with Crippen LogP contribution in [0.4, 0.5) is 4.79 Å². The molecule has 2 aromatic rings. The molecule has 54 heavy (non-hydrogen) atoms. The fraction of sp³-hybridized carbons (Fsp3) is 0.525. The Labute approximate surface area is 318 Å². The molecule has 14 heteroatoms. The Morgan fingerprint density at radius 2 is 1.46 bits per heavy atom. The zero-order chi connectivity index (χ0) is 40.2. The number of rotatable bonds is 17. The van der Waals surface area contributed by atoms with Crippen molar-refractivity contribution in [2.45, 2.75) is 90.9 Å². The van der Waals surface area contributed by atoms with Crippen molar-refractivity contribution in [1.82, 2.24) is 31.1 Å². The Hall–Kier alpha value is -5.27. The summed E-state index contributed by atoms with van der Waals surface area (Å²) in [5, 5.41) is 10.4. The van der Waals surface area contributed by atoms with Crippen molar-refractivity contribution in [3.8, 4) is 0 Å². The predicted octanol–water partition coefficient (Wildman–Crippen LogP) is 3.08. The van der Waals surface area contributed by atoms with Crippen molar-refractivity contribution in [1.29, 1.82) is 0 Å². The lowest BCUT2D eigenvalue weighted by Crippen LogP contribution is -2.57. The molecule has 0 saturated carbocycles. The molecule has 0 aromatic heterocycles. The highest BCUT2D eigenvalue weighted by Crippen LogP contribution is 2.36. The molecule has 6 amide bonds. The molecule has 0 aliphatic carbocycles. The first kappa shape index (κ1) is 43.1. The number of nitrogens with zero attached hydrogens (tertiary/aromatic N) is 2. The summed E-state index contributed by atoms with van der Waals surface area (Å²) in [6.45, 7) is 11.0. The van der Waals surface area contributed by atoms with E-state index in [0.29, 0.717) is 12.0 Å². The van der Waals surface area contributed by atoms with Gasteiger partial charge in [0.1, 0.15) is 18.1 Å². The predicted molar refractivity (Wildman–Crippen MR) is 203 cm³/mol. The number of Topliss-reactive ketones (excluding diaryl/α,β-unsaturated/α-hetero) is 1. The Balaban J connectivity index is 1.75. The molecule has 14 nitrogen and oxygen atoms in total. The van der Waals surface area contributed by atoms with Gasteiger partial charge in [0.2, 0.25) is 29.4 Å². The molecule has 1 aliphatic heterocycles. The molecule has 1 aliphatic rings. The van der Waals surface area contributed by atoms with Crippen LogP contribution in [0.15, 0.2) is 60.7 Å². The second-order valence-corrected chi connectivity index (χ2v) is 15.2. The standard InChI is InChI=1S/C40H56N6O8/c1-9-16-29(34(48)36(50)41-22-31(47)43-33(37(51)45(7)8)28-19-14-11-15-20-28)42-35(49)30-21-40(5,6)24-46(30)38(52)32(44-39(53)54-23-25(2)3)26(4)27-17-12-10-13-18-27/h10-15,17-20,25-26,29-30,32-33H,9,16,21-24H2,1-8H3,(H,41,50)(H,42,49)(H,43,47)(H,44,53)/t26?,29?,30-,32-,33?/m0/s1. The Bertz CT molecular complexity index is 1630. The number of ketones is 1. The summed E-state index contributed by atoms with van der Waals surface area (Å²) >= 11 is 0. The monoisotopic (exact) mass is 748 g/mol. The van der Waals surface area contributed by atoms with Crippen LogP contribution in [0.25, 0.3) is 0 Å². The van der Waals surface area contributed by atoms with Crippen LogP contribution in [0.2, 0.25) is 0 Å². The number of likely N-dealkylation sites (N-methyl/N-ethyl adjacent to an activating group) is 1. The van der Waals surface area contributed by atoms with E-state index in [4.69, 9.17) is 4.74 Å². The molecule has 3 unspecified atom stereocenters. The van der Waals surface area contributed by atoms with Crippen LogP contribution < -0.4 is 21.3 Å². The van der Waals surface area contributed by atoms with Gasteiger partial charge >= 0.3 is 6.09 Å². The topological polar surface area (TPSA) is 183 Å². The second-order valence-electron chi connectivity index (χ2n) is 15.2. The molecule has 0 spiro atoms. The van der Waals surface area contributed by atoms with Crippen molar-refractivity contribution in [2.24, 2.45) is 11.3 Å². The maximum atomic E-state index is 14.4. The number of carbonyl (C=O) groups is 7. The molecular formula is C40H56N6O8. The van der Waals surface area contributed by atoms with E-state index in [1.807, 2.05) is 65.0 Å². The number of hydrogen-bond acceptors (Lipinski definition) is 8. The Morgan fingerprint density at radius 1 is 0.870 bits per heavy atom. The van der Waals surface area contributed by atoms with Gasteiger partial charge in [0.25, 0.3) is 5.91 Å². The number of hydrogen-bond donors (Lipinski definition) is 4. The zero-order valence-electron chi connectivity index (χ0n) is 32.6.